The van der Waals surface area contributed by atoms with E-state index < -0.39 is 0 Å². The van der Waals surface area contributed by atoms with Crippen LogP contribution in [0.2, 0.25) is 0 Å². The van der Waals surface area contributed by atoms with E-state index in [1.54, 1.807) is 0 Å². The van der Waals surface area contributed by atoms with Gasteiger partial charge in [-0.05, 0) is 30.9 Å². The molecule has 1 aliphatic heterocycles. The Morgan fingerprint density at radius 3 is 2.65 bits per heavy atom. The molecule has 2 aliphatic rings. The van der Waals surface area contributed by atoms with E-state index in [9.17, 15) is 9.59 Å². The fourth-order valence-corrected chi connectivity index (χ4v) is 3.22. The van der Waals surface area contributed by atoms with E-state index in [0.29, 0.717) is 19.0 Å². The van der Waals surface area contributed by atoms with Crippen LogP contribution in [-0.4, -0.2) is 31.6 Å². The molecule has 1 heterocycles. The van der Waals surface area contributed by atoms with Gasteiger partial charge in [0.25, 0.3) is 0 Å². The Morgan fingerprint density at radius 1 is 1.17 bits per heavy atom. The highest BCUT2D eigenvalue weighted by Gasteiger charge is 2.29. The lowest BCUT2D eigenvalue weighted by atomic mass is 9.85. The predicted octanol–water partition coefficient (Wildman–Crippen LogP) is 2.63. The number of fused-ring (bicyclic) bond motifs is 1. The molecule has 1 unspecified atom stereocenters. The van der Waals surface area contributed by atoms with Gasteiger partial charge in [0.15, 0.2) is 0 Å². The SMILES string of the molecule is CC1CN(C(=O)NCCCNC(=O)C2CCC2)c2ccccc21. The van der Waals surface area contributed by atoms with E-state index in [-0.39, 0.29) is 17.9 Å². The lowest BCUT2D eigenvalue weighted by Crippen LogP contribution is -2.41. The number of carbonyl (C=O) groups is 2. The molecule has 0 bridgehead atoms. The number of nitrogens with one attached hydrogen (secondary N) is 2. The van der Waals surface area contributed by atoms with E-state index in [2.05, 4.69) is 23.6 Å². The van der Waals surface area contributed by atoms with Crippen molar-refractivity contribution in [2.45, 2.75) is 38.5 Å². The summed E-state index contributed by atoms with van der Waals surface area (Å²) in [5.41, 5.74) is 2.24. The average molecular weight is 315 g/mol. The van der Waals surface area contributed by atoms with Crippen LogP contribution in [0.4, 0.5) is 10.5 Å². The summed E-state index contributed by atoms with van der Waals surface area (Å²) in [7, 11) is 0. The Balaban J connectivity index is 1.39. The van der Waals surface area contributed by atoms with Crippen molar-refractivity contribution in [3.63, 3.8) is 0 Å². The van der Waals surface area contributed by atoms with Crippen LogP contribution in [0.25, 0.3) is 0 Å². The number of hydrogen-bond acceptors (Lipinski definition) is 2. The zero-order valence-corrected chi connectivity index (χ0v) is 13.7. The summed E-state index contributed by atoms with van der Waals surface area (Å²) >= 11 is 0. The second-order valence-corrected chi connectivity index (χ2v) is 6.57. The van der Waals surface area contributed by atoms with E-state index in [1.165, 1.54) is 12.0 Å². The minimum Gasteiger partial charge on any atom is -0.356 e. The van der Waals surface area contributed by atoms with Crippen molar-refractivity contribution in [1.82, 2.24) is 10.6 Å². The standard InChI is InChI=1S/C18H25N3O2/c1-13-12-21(16-9-3-2-8-15(13)16)18(23)20-11-5-10-19-17(22)14-6-4-7-14/h2-3,8-9,13-14H,4-7,10-12H2,1H3,(H,19,22)(H,20,23). The first-order chi connectivity index (χ1) is 11.2. The quantitative estimate of drug-likeness (QED) is 0.821. The highest BCUT2D eigenvalue weighted by atomic mass is 16.2. The number of benzene rings is 1. The lowest BCUT2D eigenvalue weighted by Gasteiger charge is -2.24. The van der Waals surface area contributed by atoms with Gasteiger partial charge >= 0.3 is 6.03 Å². The van der Waals surface area contributed by atoms with Crippen LogP contribution in [0.15, 0.2) is 24.3 Å². The number of hydrogen-bond donors (Lipinski definition) is 2. The molecule has 1 aromatic carbocycles. The van der Waals surface area contributed by atoms with Gasteiger partial charge in [0, 0.05) is 37.2 Å². The normalized spacial score (nSPS) is 19.9. The third-order valence-corrected chi connectivity index (χ3v) is 4.87. The molecule has 0 aromatic heterocycles. The minimum atomic E-state index is -0.0490. The molecule has 1 atom stereocenters. The Bertz CT molecular complexity index is 583. The van der Waals surface area contributed by atoms with Gasteiger partial charge in [-0.25, -0.2) is 4.79 Å². The molecule has 1 aromatic rings. The maximum atomic E-state index is 12.3. The van der Waals surface area contributed by atoms with Gasteiger partial charge in [-0.3, -0.25) is 9.69 Å². The molecule has 1 fully saturated rings. The van der Waals surface area contributed by atoms with Crippen molar-refractivity contribution in [2.75, 3.05) is 24.5 Å². The van der Waals surface area contributed by atoms with E-state index in [0.717, 1.165) is 31.5 Å². The molecule has 3 rings (SSSR count). The van der Waals surface area contributed by atoms with E-state index >= 15 is 0 Å². The van der Waals surface area contributed by atoms with Crippen molar-refractivity contribution in [3.8, 4) is 0 Å². The number of urea groups is 1. The Labute approximate surface area is 137 Å². The average Bonchev–Trinajstić information content (AvgIpc) is 2.83. The Hall–Kier alpha value is -2.04. The fourth-order valence-electron chi connectivity index (χ4n) is 3.22. The highest BCUT2D eigenvalue weighted by molar-refractivity contribution is 5.94. The summed E-state index contributed by atoms with van der Waals surface area (Å²) in [5.74, 6) is 0.774. The monoisotopic (exact) mass is 315 g/mol. The van der Waals surface area contributed by atoms with Crippen LogP contribution in [0.3, 0.4) is 0 Å². The van der Waals surface area contributed by atoms with Crippen LogP contribution >= 0.6 is 0 Å². The number of nitrogens with zero attached hydrogens (tertiary/aromatic N) is 1. The second-order valence-electron chi connectivity index (χ2n) is 6.57. The second kappa shape index (κ2) is 7.02. The summed E-state index contributed by atoms with van der Waals surface area (Å²) < 4.78 is 0. The molecule has 0 radical (unpaired) electrons. The zero-order valence-electron chi connectivity index (χ0n) is 13.7. The third-order valence-electron chi connectivity index (χ3n) is 4.87. The minimum absolute atomic E-state index is 0.0490. The zero-order chi connectivity index (χ0) is 16.2. The lowest BCUT2D eigenvalue weighted by molar-refractivity contribution is -0.127. The van der Waals surface area contributed by atoms with Crippen molar-refractivity contribution < 1.29 is 9.59 Å². The van der Waals surface area contributed by atoms with E-state index in [4.69, 9.17) is 0 Å². The van der Waals surface area contributed by atoms with Crippen LogP contribution in [0, 0.1) is 5.92 Å². The molecule has 1 aliphatic carbocycles. The summed E-state index contributed by atoms with van der Waals surface area (Å²) in [6, 6.07) is 8.02. The fraction of sp³-hybridized carbons (Fsp3) is 0.556. The number of anilines is 1. The molecule has 5 heteroatoms. The maximum Gasteiger partial charge on any atom is 0.321 e. The topological polar surface area (TPSA) is 61.4 Å². The van der Waals surface area contributed by atoms with Gasteiger partial charge in [0.1, 0.15) is 0 Å². The molecule has 1 saturated carbocycles. The first-order valence-electron chi connectivity index (χ1n) is 8.59. The van der Waals surface area contributed by atoms with Crippen LogP contribution in [-0.2, 0) is 4.79 Å². The molecule has 124 valence electrons. The molecular weight excluding hydrogens is 290 g/mol. The number of para-hydroxylation sites is 1. The molecule has 0 saturated heterocycles. The largest absolute Gasteiger partial charge is 0.356 e. The molecule has 5 nitrogen and oxygen atoms in total. The van der Waals surface area contributed by atoms with E-state index in [1.807, 2.05) is 23.1 Å². The van der Waals surface area contributed by atoms with Crippen molar-refractivity contribution >= 4 is 17.6 Å². The summed E-state index contributed by atoms with van der Waals surface area (Å²) in [6.45, 7) is 4.07. The summed E-state index contributed by atoms with van der Waals surface area (Å²) in [6.07, 6.45) is 3.98. The van der Waals surface area contributed by atoms with Gasteiger partial charge in [0.05, 0.1) is 0 Å². The Morgan fingerprint density at radius 2 is 1.91 bits per heavy atom. The van der Waals surface area contributed by atoms with Crippen molar-refractivity contribution in [2.24, 2.45) is 5.92 Å². The maximum absolute atomic E-state index is 12.3. The molecule has 23 heavy (non-hydrogen) atoms. The van der Waals surface area contributed by atoms with Gasteiger partial charge in [-0.15, -0.1) is 0 Å². The van der Waals surface area contributed by atoms with Crippen LogP contribution in [0.1, 0.15) is 44.1 Å². The smallest absolute Gasteiger partial charge is 0.321 e. The Kier molecular flexibility index (Phi) is 4.84. The van der Waals surface area contributed by atoms with Crippen LogP contribution < -0.4 is 15.5 Å². The van der Waals surface area contributed by atoms with Gasteiger partial charge in [-0.2, -0.15) is 0 Å². The summed E-state index contributed by atoms with van der Waals surface area (Å²) in [4.78, 5) is 25.9. The molecular formula is C18H25N3O2. The predicted molar refractivity (Wildman–Crippen MR) is 90.6 cm³/mol. The van der Waals surface area contributed by atoms with Crippen LogP contribution in [0.5, 0.6) is 0 Å². The number of rotatable bonds is 5. The van der Waals surface area contributed by atoms with Crippen molar-refractivity contribution in [3.05, 3.63) is 29.8 Å². The number of amides is 3. The van der Waals surface area contributed by atoms with Crippen molar-refractivity contribution in [1.29, 1.82) is 0 Å². The van der Waals surface area contributed by atoms with Gasteiger partial charge < -0.3 is 10.6 Å². The molecule has 3 amide bonds. The first kappa shape index (κ1) is 15.8. The summed E-state index contributed by atoms with van der Waals surface area (Å²) in [5, 5.41) is 5.90. The highest BCUT2D eigenvalue weighted by Crippen LogP contribution is 2.35. The van der Waals surface area contributed by atoms with Gasteiger partial charge in [0.2, 0.25) is 5.91 Å². The number of carbonyl (C=O) groups excluding carboxylic acids is 2. The molecule has 0 spiro atoms. The van der Waals surface area contributed by atoms with Gasteiger partial charge in [-0.1, -0.05) is 31.5 Å². The first-order valence-corrected chi connectivity index (χ1v) is 8.59. The molecule has 2 N–H and O–H groups in total. The third kappa shape index (κ3) is 3.49.